The van der Waals surface area contributed by atoms with Crippen LogP contribution < -0.4 is 9.47 Å². The second kappa shape index (κ2) is 5.97. The Morgan fingerprint density at radius 1 is 1.10 bits per heavy atom. The van der Waals surface area contributed by atoms with Crippen molar-refractivity contribution in [2.24, 2.45) is 0 Å². The normalized spacial score (nSPS) is 10.6. The van der Waals surface area contributed by atoms with E-state index in [0.29, 0.717) is 18.1 Å². The van der Waals surface area contributed by atoms with Crippen molar-refractivity contribution in [3.63, 3.8) is 0 Å². The first-order valence-corrected chi connectivity index (χ1v) is 6.81. The van der Waals surface area contributed by atoms with E-state index in [4.69, 9.17) is 21.1 Å². The van der Waals surface area contributed by atoms with Crippen LogP contribution in [0.4, 0.5) is 0 Å². The molecule has 0 aliphatic heterocycles. The summed E-state index contributed by atoms with van der Waals surface area (Å²) in [7, 11) is 1.60. The highest BCUT2D eigenvalue weighted by molar-refractivity contribution is 6.28. The summed E-state index contributed by atoms with van der Waals surface area (Å²) in [4.78, 5) is 8.15. The molecule has 1 heterocycles. The minimum absolute atomic E-state index is 0.210. The minimum Gasteiger partial charge on any atom is -0.493 e. The number of aromatic nitrogens is 2. The molecule has 2 aromatic carbocycles. The molecule has 0 aliphatic rings. The number of fused-ring (bicyclic) bond motifs is 1. The maximum absolute atomic E-state index is 5.83. The Labute approximate surface area is 127 Å². The molecule has 0 aliphatic carbocycles. The molecule has 0 unspecified atom stereocenters. The van der Waals surface area contributed by atoms with Gasteiger partial charge in [0.25, 0.3) is 0 Å². The molecule has 4 nitrogen and oxygen atoms in total. The number of halogens is 1. The quantitative estimate of drug-likeness (QED) is 0.686. The van der Waals surface area contributed by atoms with E-state index in [1.54, 1.807) is 13.3 Å². The third-order valence-electron chi connectivity index (χ3n) is 3.07. The van der Waals surface area contributed by atoms with Crippen molar-refractivity contribution in [2.75, 3.05) is 7.11 Å². The smallest absolute Gasteiger partial charge is 0.222 e. The standard InChI is InChI=1S/C16H13ClN2O2/c1-20-14-7-12-9-18-16(17)19-13(12)8-15(14)21-10-11-5-3-2-4-6-11/h2-9H,10H2,1H3. The molecule has 0 radical (unpaired) electrons. The summed E-state index contributed by atoms with van der Waals surface area (Å²) in [5, 5.41) is 1.06. The van der Waals surface area contributed by atoms with Crippen LogP contribution >= 0.6 is 11.6 Å². The van der Waals surface area contributed by atoms with Crippen LogP contribution in [0.25, 0.3) is 10.9 Å². The summed E-state index contributed by atoms with van der Waals surface area (Å²) in [6.07, 6.45) is 1.66. The predicted octanol–water partition coefficient (Wildman–Crippen LogP) is 3.87. The lowest BCUT2D eigenvalue weighted by Gasteiger charge is -2.11. The van der Waals surface area contributed by atoms with Gasteiger partial charge in [-0.3, -0.25) is 0 Å². The van der Waals surface area contributed by atoms with Crippen LogP contribution in [0.5, 0.6) is 11.5 Å². The topological polar surface area (TPSA) is 44.2 Å². The third kappa shape index (κ3) is 3.06. The van der Waals surface area contributed by atoms with E-state index in [1.165, 1.54) is 0 Å². The number of methoxy groups -OCH3 is 1. The highest BCUT2D eigenvalue weighted by atomic mass is 35.5. The van der Waals surface area contributed by atoms with Gasteiger partial charge < -0.3 is 9.47 Å². The zero-order chi connectivity index (χ0) is 14.7. The first kappa shape index (κ1) is 13.6. The monoisotopic (exact) mass is 300 g/mol. The molecule has 0 atom stereocenters. The Hall–Kier alpha value is -2.33. The lowest BCUT2D eigenvalue weighted by atomic mass is 10.2. The average molecular weight is 301 g/mol. The Kier molecular flexibility index (Phi) is 3.88. The molecule has 106 valence electrons. The largest absolute Gasteiger partial charge is 0.493 e. The molecule has 0 spiro atoms. The van der Waals surface area contributed by atoms with Crippen molar-refractivity contribution < 1.29 is 9.47 Å². The summed E-state index contributed by atoms with van der Waals surface area (Å²) in [5.74, 6) is 1.27. The van der Waals surface area contributed by atoms with Crippen molar-refractivity contribution in [1.29, 1.82) is 0 Å². The molecule has 5 heteroatoms. The van der Waals surface area contributed by atoms with Gasteiger partial charge in [0.2, 0.25) is 5.28 Å². The Morgan fingerprint density at radius 2 is 1.90 bits per heavy atom. The van der Waals surface area contributed by atoms with E-state index in [0.717, 1.165) is 16.5 Å². The minimum atomic E-state index is 0.210. The van der Waals surface area contributed by atoms with Crippen molar-refractivity contribution >= 4 is 22.5 Å². The first-order chi connectivity index (χ1) is 10.3. The van der Waals surface area contributed by atoms with Crippen LogP contribution in [0.3, 0.4) is 0 Å². The molecule has 0 fully saturated rings. The lowest BCUT2D eigenvalue weighted by Crippen LogP contribution is -1.98. The summed E-state index contributed by atoms with van der Waals surface area (Å²) < 4.78 is 11.2. The van der Waals surface area contributed by atoms with Gasteiger partial charge in [-0.15, -0.1) is 0 Å². The van der Waals surface area contributed by atoms with Crippen LogP contribution in [0, 0.1) is 0 Å². The maximum Gasteiger partial charge on any atom is 0.222 e. The van der Waals surface area contributed by atoms with E-state index in [2.05, 4.69) is 9.97 Å². The van der Waals surface area contributed by atoms with Gasteiger partial charge in [-0.2, -0.15) is 0 Å². The van der Waals surface area contributed by atoms with Gasteiger partial charge >= 0.3 is 0 Å². The number of benzene rings is 2. The summed E-state index contributed by atoms with van der Waals surface area (Å²) in [6, 6.07) is 13.6. The molecule has 0 saturated carbocycles. The zero-order valence-corrected chi connectivity index (χ0v) is 12.2. The predicted molar refractivity (Wildman–Crippen MR) is 81.9 cm³/mol. The molecule has 3 rings (SSSR count). The van der Waals surface area contributed by atoms with Crippen molar-refractivity contribution in [3.8, 4) is 11.5 Å². The van der Waals surface area contributed by atoms with Crippen molar-refractivity contribution in [2.45, 2.75) is 6.61 Å². The second-order valence-corrected chi connectivity index (χ2v) is 4.81. The SMILES string of the molecule is COc1cc2cnc(Cl)nc2cc1OCc1ccccc1. The Balaban J connectivity index is 1.92. The molecule has 1 aromatic heterocycles. The lowest BCUT2D eigenvalue weighted by molar-refractivity contribution is 0.285. The number of nitrogens with zero attached hydrogens (tertiary/aromatic N) is 2. The van der Waals surface area contributed by atoms with Gasteiger partial charge in [-0.25, -0.2) is 9.97 Å². The maximum atomic E-state index is 5.83. The molecular weight excluding hydrogens is 288 g/mol. The molecule has 0 N–H and O–H groups in total. The zero-order valence-electron chi connectivity index (χ0n) is 11.4. The Morgan fingerprint density at radius 3 is 2.67 bits per heavy atom. The average Bonchev–Trinajstić information content (AvgIpc) is 2.53. The van der Waals surface area contributed by atoms with Crippen LogP contribution in [0.15, 0.2) is 48.7 Å². The van der Waals surface area contributed by atoms with Gasteiger partial charge in [0.1, 0.15) is 6.61 Å². The van der Waals surface area contributed by atoms with Gasteiger partial charge in [0.15, 0.2) is 11.5 Å². The molecule has 0 bridgehead atoms. The Bertz CT molecular complexity index is 763. The van der Waals surface area contributed by atoms with Crippen LogP contribution in [0.1, 0.15) is 5.56 Å². The summed E-state index contributed by atoms with van der Waals surface area (Å²) >= 11 is 5.82. The van der Waals surface area contributed by atoms with Crippen LogP contribution in [0.2, 0.25) is 5.28 Å². The van der Waals surface area contributed by atoms with Crippen molar-refractivity contribution in [3.05, 3.63) is 59.5 Å². The highest BCUT2D eigenvalue weighted by Gasteiger charge is 2.09. The van der Waals surface area contributed by atoms with Gasteiger partial charge in [0, 0.05) is 17.6 Å². The van der Waals surface area contributed by atoms with Crippen LogP contribution in [-0.2, 0) is 6.61 Å². The molecule has 3 aromatic rings. The van der Waals surface area contributed by atoms with E-state index in [1.807, 2.05) is 42.5 Å². The highest BCUT2D eigenvalue weighted by Crippen LogP contribution is 2.32. The van der Waals surface area contributed by atoms with E-state index in [9.17, 15) is 0 Å². The molecule has 0 amide bonds. The van der Waals surface area contributed by atoms with Gasteiger partial charge in [0.05, 0.1) is 12.6 Å². The second-order valence-electron chi connectivity index (χ2n) is 4.48. The van der Waals surface area contributed by atoms with Crippen molar-refractivity contribution in [1.82, 2.24) is 9.97 Å². The molecule has 21 heavy (non-hydrogen) atoms. The number of hydrogen-bond donors (Lipinski definition) is 0. The molecule has 0 saturated heterocycles. The number of hydrogen-bond acceptors (Lipinski definition) is 4. The van der Waals surface area contributed by atoms with Gasteiger partial charge in [-0.05, 0) is 23.2 Å². The van der Waals surface area contributed by atoms with Crippen LogP contribution in [-0.4, -0.2) is 17.1 Å². The first-order valence-electron chi connectivity index (χ1n) is 6.43. The van der Waals surface area contributed by atoms with E-state index < -0.39 is 0 Å². The number of rotatable bonds is 4. The fourth-order valence-corrected chi connectivity index (χ4v) is 2.16. The van der Waals surface area contributed by atoms with Gasteiger partial charge in [-0.1, -0.05) is 30.3 Å². The third-order valence-corrected chi connectivity index (χ3v) is 3.26. The molecular formula is C16H13ClN2O2. The summed E-state index contributed by atoms with van der Waals surface area (Å²) in [6.45, 7) is 0.460. The fourth-order valence-electron chi connectivity index (χ4n) is 2.02. The van der Waals surface area contributed by atoms with E-state index in [-0.39, 0.29) is 5.28 Å². The number of ether oxygens (including phenoxy) is 2. The summed E-state index contributed by atoms with van der Waals surface area (Å²) in [5.41, 5.74) is 1.80. The van der Waals surface area contributed by atoms with E-state index >= 15 is 0 Å². The fraction of sp³-hybridized carbons (Fsp3) is 0.125.